The lowest BCUT2D eigenvalue weighted by molar-refractivity contribution is -0.137. The van der Waals surface area contributed by atoms with E-state index in [1.807, 2.05) is 6.07 Å². The largest absolute Gasteiger partial charge is 0.494 e. The van der Waals surface area contributed by atoms with Gasteiger partial charge in [0.2, 0.25) is 5.91 Å². The lowest BCUT2D eigenvalue weighted by atomic mass is 10.0. The topological polar surface area (TPSA) is 95.1 Å². The van der Waals surface area contributed by atoms with Gasteiger partial charge < -0.3 is 20.3 Å². The first-order valence-corrected chi connectivity index (χ1v) is 14.6. The van der Waals surface area contributed by atoms with Crippen LogP contribution in [0.5, 0.6) is 5.75 Å². The average Bonchev–Trinajstić information content (AvgIpc) is 3.76. The Morgan fingerprint density at radius 3 is 2.57 bits per heavy atom. The maximum Gasteiger partial charge on any atom is 0.416 e. The van der Waals surface area contributed by atoms with Crippen molar-refractivity contribution in [1.82, 2.24) is 14.9 Å². The van der Waals surface area contributed by atoms with Gasteiger partial charge in [-0.1, -0.05) is 18.7 Å². The Bertz CT molecular complexity index is 1520. The van der Waals surface area contributed by atoms with E-state index in [1.54, 1.807) is 25.3 Å². The lowest BCUT2D eigenvalue weighted by Crippen LogP contribution is -2.47. The average molecular weight is 610 g/mol. The second kappa shape index (κ2) is 12.3. The van der Waals surface area contributed by atoms with Crippen LogP contribution < -0.4 is 25.3 Å². The van der Waals surface area contributed by atoms with Crippen LogP contribution in [0.15, 0.2) is 61.4 Å². The van der Waals surface area contributed by atoms with Gasteiger partial charge in [-0.15, -0.1) is 0 Å². The van der Waals surface area contributed by atoms with E-state index in [-0.39, 0.29) is 5.91 Å². The molecule has 2 aliphatic heterocycles. The summed E-state index contributed by atoms with van der Waals surface area (Å²) in [5.74, 6) is 0.987. The zero-order valence-corrected chi connectivity index (χ0v) is 24.3. The Morgan fingerprint density at radius 1 is 1.07 bits per heavy atom. The quantitative estimate of drug-likeness (QED) is 0.303. The van der Waals surface area contributed by atoms with Crippen molar-refractivity contribution in [1.29, 1.82) is 0 Å². The van der Waals surface area contributed by atoms with Crippen LogP contribution in [0.3, 0.4) is 0 Å². The number of alkyl halides is 3. The number of hydrogen-bond donors (Lipinski definition) is 2. The summed E-state index contributed by atoms with van der Waals surface area (Å²) < 4.78 is 45.9. The summed E-state index contributed by atoms with van der Waals surface area (Å²) in [5, 5.41) is 7.69. The van der Waals surface area contributed by atoms with E-state index in [2.05, 4.69) is 37.0 Å². The smallest absolute Gasteiger partial charge is 0.416 e. The van der Waals surface area contributed by atoms with E-state index in [0.717, 1.165) is 44.0 Å². The number of piperazine rings is 1. The molecular weight excluding hydrogens is 575 g/mol. The van der Waals surface area contributed by atoms with Crippen molar-refractivity contribution >= 4 is 34.6 Å². The highest BCUT2D eigenvalue weighted by molar-refractivity contribution is 6.02. The monoisotopic (exact) mass is 609 g/mol. The Balaban J connectivity index is 1.26. The van der Waals surface area contributed by atoms with Crippen LogP contribution in [-0.4, -0.2) is 66.7 Å². The normalized spacial score (nSPS) is 19.1. The molecule has 3 fully saturated rings. The highest BCUT2D eigenvalue weighted by Gasteiger charge is 2.35. The van der Waals surface area contributed by atoms with Crippen molar-refractivity contribution in [2.24, 2.45) is 0 Å². The second-order valence-corrected chi connectivity index (χ2v) is 11.0. The molecule has 10 nitrogen and oxygen atoms in total. The molecule has 1 aromatic heterocycles. The standard InChI is InChI=1S/C31H34F3N7O3/c1-3-30(42)38-23-16-24(27(43-2)17-26(23)40-12-10-39(11-13-40)22-7-8-22)37-28-18-29(36-19-35-28)41-25(9-14-44-41)20-5-4-6-21(15-20)31(32,33)34/h3-6,15-19,22,25H,1,7-14H2,2H3,(H,38,42)(H,35,36,37)/t25-/m1/s1. The van der Waals surface area contributed by atoms with Crippen LogP contribution in [0.4, 0.5) is 41.9 Å². The van der Waals surface area contributed by atoms with Crippen molar-refractivity contribution < 1.29 is 27.5 Å². The maximum absolute atomic E-state index is 13.4. The van der Waals surface area contributed by atoms with E-state index in [4.69, 9.17) is 9.57 Å². The summed E-state index contributed by atoms with van der Waals surface area (Å²) in [4.78, 5) is 31.6. The molecule has 1 amide bonds. The van der Waals surface area contributed by atoms with Crippen molar-refractivity contribution in [3.8, 4) is 5.75 Å². The van der Waals surface area contributed by atoms with Crippen molar-refractivity contribution in [3.63, 3.8) is 0 Å². The second-order valence-electron chi connectivity index (χ2n) is 11.0. The molecule has 6 rings (SSSR count). The first kappa shape index (κ1) is 29.7. The molecule has 3 aliphatic rings. The highest BCUT2D eigenvalue weighted by atomic mass is 19.4. The Kier molecular flexibility index (Phi) is 8.32. The molecule has 3 heterocycles. The number of hydrogen-bond acceptors (Lipinski definition) is 9. The van der Waals surface area contributed by atoms with E-state index < -0.39 is 17.8 Å². The van der Waals surface area contributed by atoms with Crippen molar-refractivity contribution in [2.75, 3.05) is 60.5 Å². The van der Waals surface area contributed by atoms with Gasteiger partial charge in [0, 0.05) is 50.8 Å². The van der Waals surface area contributed by atoms with Gasteiger partial charge in [-0.2, -0.15) is 13.2 Å². The molecule has 232 valence electrons. The van der Waals surface area contributed by atoms with Crippen LogP contribution in [0.2, 0.25) is 0 Å². The molecule has 1 atom stereocenters. The van der Waals surface area contributed by atoms with Gasteiger partial charge in [0.05, 0.1) is 42.4 Å². The number of nitrogens with zero attached hydrogens (tertiary/aromatic N) is 5. The minimum absolute atomic E-state index is 0.324. The number of benzene rings is 2. The summed E-state index contributed by atoms with van der Waals surface area (Å²) in [6.07, 6.45) is 1.13. The molecule has 0 radical (unpaired) electrons. The van der Waals surface area contributed by atoms with Crippen LogP contribution >= 0.6 is 0 Å². The highest BCUT2D eigenvalue weighted by Crippen LogP contribution is 2.41. The number of hydroxylamine groups is 1. The van der Waals surface area contributed by atoms with Crippen molar-refractivity contribution in [3.05, 3.63) is 72.6 Å². The minimum Gasteiger partial charge on any atom is -0.494 e. The first-order valence-electron chi connectivity index (χ1n) is 14.6. The molecule has 0 spiro atoms. The van der Waals surface area contributed by atoms with Gasteiger partial charge in [-0.05, 0) is 42.7 Å². The Labute approximate surface area is 253 Å². The summed E-state index contributed by atoms with van der Waals surface area (Å²) >= 11 is 0. The fourth-order valence-electron chi connectivity index (χ4n) is 5.74. The van der Waals surface area contributed by atoms with Gasteiger partial charge in [0.15, 0.2) is 5.82 Å². The third-order valence-corrected chi connectivity index (χ3v) is 8.12. The summed E-state index contributed by atoms with van der Waals surface area (Å²) in [6, 6.07) is 10.8. The van der Waals surface area contributed by atoms with E-state index in [1.165, 1.54) is 36.4 Å². The van der Waals surface area contributed by atoms with E-state index >= 15 is 0 Å². The molecule has 2 aromatic carbocycles. The third-order valence-electron chi connectivity index (χ3n) is 8.12. The van der Waals surface area contributed by atoms with Gasteiger partial charge in [-0.25, -0.2) is 15.0 Å². The number of nitrogens with one attached hydrogen (secondary N) is 2. The molecule has 2 saturated heterocycles. The number of halogens is 3. The zero-order valence-electron chi connectivity index (χ0n) is 24.3. The van der Waals surface area contributed by atoms with Crippen molar-refractivity contribution in [2.45, 2.75) is 37.5 Å². The van der Waals surface area contributed by atoms with Gasteiger partial charge >= 0.3 is 6.18 Å². The molecule has 0 unspecified atom stereocenters. The number of methoxy groups -OCH3 is 1. The Hall–Kier alpha value is -4.36. The fourth-order valence-corrected chi connectivity index (χ4v) is 5.74. The number of ether oxygens (including phenoxy) is 1. The molecule has 3 aromatic rings. The number of rotatable bonds is 9. The maximum atomic E-state index is 13.4. The first-order chi connectivity index (χ1) is 21.2. The van der Waals surface area contributed by atoms with Gasteiger partial charge in [0.25, 0.3) is 0 Å². The number of aromatic nitrogens is 2. The molecule has 1 saturated carbocycles. The zero-order chi connectivity index (χ0) is 30.8. The predicted molar refractivity (Wildman–Crippen MR) is 161 cm³/mol. The lowest BCUT2D eigenvalue weighted by Gasteiger charge is -2.37. The molecule has 2 N–H and O–H groups in total. The number of anilines is 5. The number of amides is 1. The summed E-state index contributed by atoms with van der Waals surface area (Å²) in [6.45, 7) is 7.46. The van der Waals surface area contributed by atoms with Crippen LogP contribution in [0, 0.1) is 0 Å². The van der Waals surface area contributed by atoms with E-state index in [9.17, 15) is 18.0 Å². The molecule has 0 bridgehead atoms. The summed E-state index contributed by atoms with van der Waals surface area (Å²) in [7, 11) is 1.57. The SMILES string of the molecule is C=CC(=O)Nc1cc(Nc2cc(N3OCC[C@@H]3c3cccc(C(F)(F)F)c3)ncn2)c(OC)cc1N1CCN(C2CC2)CC1. The van der Waals surface area contributed by atoms with Gasteiger partial charge in [0.1, 0.15) is 17.9 Å². The fraction of sp³-hybridized carbons (Fsp3) is 0.387. The number of carbonyl (C=O) groups is 1. The van der Waals surface area contributed by atoms with Gasteiger partial charge in [-0.3, -0.25) is 14.5 Å². The molecule has 13 heteroatoms. The van der Waals surface area contributed by atoms with Crippen LogP contribution in [0.1, 0.15) is 36.4 Å². The number of carbonyl (C=O) groups excluding carboxylic acids is 1. The van der Waals surface area contributed by atoms with E-state index in [0.29, 0.717) is 53.4 Å². The molecular formula is C31H34F3N7O3. The minimum atomic E-state index is -4.45. The molecule has 44 heavy (non-hydrogen) atoms. The van der Waals surface area contributed by atoms with Crippen LogP contribution in [0.25, 0.3) is 0 Å². The predicted octanol–water partition coefficient (Wildman–Crippen LogP) is 5.54. The summed E-state index contributed by atoms with van der Waals surface area (Å²) in [5.41, 5.74) is 1.75. The molecule has 1 aliphatic carbocycles. The van der Waals surface area contributed by atoms with Crippen LogP contribution in [-0.2, 0) is 15.8 Å². The Morgan fingerprint density at radius 2 is 1.86 bits per heavy atom. The third kappa shape index (κ3) is 6.43.